The van der Waals surface area contributed by atoms with E-state index in [9.17, 15) is 5.11 Å². The van der Waals surface area contributed by atoms with Crippen molar-refractivity contribution in [2.75, 3.05) is 26.7 Å². The molecule has 2 fully saturated rings. The number of likely N-dealkylation sites (tertiary alicyclic amines) is 1. The molecule has 4 rings (SSSR count). The van der Waals surface area contributed by atoms with Gasteiger partial charge in [0.2, 0.25) is 0 Å². The Bertz CT molecular complexity index is 731. The molecule has 0 radical (unpaired) electrons. The summed E-state index contributed by atoms with van der Waals surface area (Å²) < 4.78 is 5.34. The van der Waals surface area contributed by atoms with Gasteiger partial charge in [0.25, 0.3) is 0 Å². The van der Waals surface area contributed by atoms with Gasteiger partial charge in [-0.15, -0.1) is 0 Å². The Kier molecular flexibility index (Phi) is 4.76. The van der Waals surface area contributed by atoms with Crippen LogP contribution in [0.3, 0.4) is 0 Å². The molecule has 0 aromatic heterocycles. The predicted octanol–water partition coefficient (Wildman–Crippen LogP) is 4.03. The third-order valence-corrected chi connectivity index (χ3v) is 6.36. The van der Waals surface area contributed by atoms with Crippen LogP contribution >= 0.6 is 0 Å². The molecule has 3 heteroatoms. The molecule has 2 unspecified atom stereocenters. The molecule has 1 heterocycles. The molecule has 4 atom stereocenters. The van der Waals surface area contributed by atoms with E-state index < -0.39 is 5.60 Å². The Morgan fingerprint density at radius 1 is 1.08 bits per heavy atom. The molecule has 0 amide bonds. The number of hydrogen-bond acceptors (Lipinski definition) is 3. The second-order valence-corrected chi connectivity index (χ2v) is 8.22. The van der Waals surface area contributed by atoms with Crippen molar-refractivity contribution in [3.05, 3.63) is 65.7 Å². The number of aliphatic hydroxyl groups is 1. The third kappa shape index (κ3) is 3.38. The maximum atomic E-state index is 11.3. The van der Waals surface area contributed by atoms with Gasteiger partial charge in [-0.1, -0.05) is 49.4 Å². The summed E-state index contributed by atoms with van der Waals surface area (Å²) in [7, 11) is 1.68. The summed E-state index contributed by atoms with van der Waals surface area (Å²) in [6.45, 7) is 5.63. The van der Waals surface area contributed by atoms with Crippen molar-refractivity contribution in [2.24, 2.45) is 11.8 Å². The minimum absolute atomic E-state index is 0.548. The van der Waals surface area contributed by atoms with E-state index in [0.29, 0.717) is 17.8 Å². The molecule has 1 saturated heterocycles. The Hall–Kier alpha value is -1.84. The molecule has 2 aromatic carbocycles. The van der Waals surface area contributed by atoms with Crippen LogP contribution in [0.25, 0.3) is 0 Å². The quantitative estimate of drug-likeness (QED) is 0.883. The summed E-state index contributed by atoms with van der Waals surface area (Å²) >= 11 is 0. The zero-order valence-corrected chi connectivity index (χ0v) is 15.8. The molecule has 1 aliphatic heterocycles. The van der Waals surface area contributed by atoms with Gasteiger partial charge >= 0.3 is 0 Å². The summed E-state index contributed by atoms with van der Waals surface area (Å²) in [5.41, 5.74) is 1.73. The van der Waals surface area contributed by atoms with Gasteiger partial charge in [-0.25, -0.2) is 0 Å². The Labute approximate surface area is 156 Å². The first kappa shape index (κ1) is 17.6. The third-order valence-electron chi connectivity index (χ3n) is 6.36. The first-order valence-corrected chi connectivity index (χ1v) is 9.71. The zero-order valence-electron chi connectivity index (χ0n) is 15.8. The van der Waals surface area contributed by atoms with Gasteiger partial charge < -0.3 is 14.7 Å². The van der Waals surface area contributed by atoms with E-state index >= 15 is 0 Å². The number of nitrogens with zero attached hydrogens (tertiary/aromatic N) is 1. The Balaban J connectivity index is 1.39. The number of fused-ring (bicyclic) bond motifs is 1. The lowest BCUT2D eigenvalue weighted by Crippen LogP contribution is -2.30. The van der Waals surface area contributed by atoms with Gasteiger partial charge in [-0.2, -0.15) is 0 Å². The van der Waals surface area contributed by atoms with Crippen molar-refractivity contribution >= 4 is 0 Å². The van der Waals surface area contributed by atoms with Crippen LogP contribution in [-0.4, -0.2) is 36.8 Å². The van der Waals surface area contributed by atoms with Crippen LogP contribution in [0.15, 0.2) is 54.6 Å². The first-order valence-electron chi connectivity index (χ1n) is 9.71. The van der Waals surface area contributed by atoms with Gasteiger partial charge in [-0.3, -0.25) is 0 Å². The van der Waals surface area contributed by atoms with Gasteiger partial charge in [0.15, 0.2) is 0 Å². The Morgan fingerprint density at radius 3 is 2.42 bits per heavy atom. The number of hydrogen-bond donors (Lipinski definition) is 1. The molecule has 1 aliphatic carbocycles. The summed E-state index contributed by atoms with van der Waals surface area (Å²) in [5.74, 6) is 2.56. The van der Waals surface area contributed by atoms with E-state index in [-0.39, 0.29) is 0 Å². The number of methoxy groups -OCH3 is 1. The maximum absolute atomic E-state index is 11.3. The molecule has 2 aliphatic rings. The second-order valence-electron chi connectivity index (χ2n) is 8.22. The standard InChI is InChI=1S/C23H29NO2/c1-17(18-7-4-3-5-8-18)14-24-15-19-12-23(25,13-20(19)16-24)21-9-6-10-22(11-21)26-2/h3-11,17,19-20,25H,12-16H2,1-2H3/t17?,19-,20+,23?. The van der Waals surface area contributed by atoms with E-state index in [1.54, 1.807) is 7.11 Å². The number of rotatable bonds is 5. The summed E-state index contributed by atoms with van der Waals surface area (Å²) in [5, 5.41) is 11.3. The van der Waals surface area contributed by atoms with Crippen molar-refractivity contribution in [1.82, 2.24) is 4.90 Å². The summed E-state index contributed by atoms with van der Waals surface area (Å²) in [6.07, 6.45) is 1.72. The summed E-state index contributed by atoms with van der Waals surface area (Å²) in [4.78, 5) is 2.60. The van der Waals surface area contributed by atoms with Gasteiger partial charge in [-0.05, 0) is 53.9 Å². The highest BCUT2D eigenvalue weighted by atomic mass is 16.5. The lowest BCUT2D eigenvalue weighted by atomic mass is 9.90. The molecule has 1 saturated carbocycles. The van der Waals surface area contributed by atoms with Crippen LogP contribution in [0.1, 0.15) is 36.8 Å². The first-order chi connectivity index (χ1) is 12.6. The van der Waals surface area contributed by atoms with Crippen molar-refractivity contribution < 1.29 is 9.84 Å². The zero-order chi connectivity index (χ0) is 18.1. The van der Waals surface area contributed by atoms with E-state index in [1.807, 2.05) is 24.3 Å². The van der Waals surface area contributed by atoms with E-state index in [2.05, 4.69) is 42.2 Å². The molecule has 1 N–H and O–H groups in total. The molecule has 2 aromatic rings. The number of benzene rings is 2. The van der Waals surface area contributed by atoms with Crippen LogP contribution < -0.4 is 4.74 Å². The topological polar surface area (TPSA) is 32.7 Å². The van der Waals surface area contributed by atoms with Gasteiger partial charge in [0.05, 0.1) is 12.7 Å². The van der Waals surface area contributed by atoms with Gasteiger partial charge in [0, 0.05) is 19.6 Å². The lowest BCUT2D eigenvalue weighted by Gasteiger charge is -2.27. The molecular formula is C23H29NO2. The molecule has 3 nitrogen and oxygen atoms in total. The van der Waals surface area contributed by atoms with Crippen molar-refractivity contribution in [3.63, 3.8) is 0 Å². The minimum atomic E-state index is -0.693. The minimum Gasteiger partial charge on any atom is -0.497 e. The fraction of sp³-hybridized carbons (Fsp3) is 0.478. The van der Waals surface area contributed by atoms with Crippen LogP contribution in [0.4, 0.5) is 0 Å². The largest absolute Gasteiger partial charge is 0.497 e. The fourth-order valence-electron chi connectivity index (χ4n) is 5.02. The average molecular weight is 351 g/mol. The van der Waals surface area contributed by atoms with E-state index in [0.717, 1.165) is 43.8 Å². The van der Waals surface area contributed by atoms with E-state index in [1.165, 1.54) is 5.56 Å². The van der Waals surface area contributed by atoms with Crippen LogP contribution in [0, 0.1) is 11.8 Å². The van der Waals surface area contributed by atoms with Crippen LogP contribution in [-0.2, 0) is 5.60 Å². The average Bonchev–Trinajstić information content (AvgIpc) is 3.17. The molecule has 26 heavy (non-hydrogen) atoms. The van der Waals surface area contributed by atoms with Crippen molar-refractivity contribution in [2.45, 2.75) is 31.3 Å². The highest BCUT2D eigenvalue weighted by molar-refractivity contribution is 5.33. The smallest absolute Gasteiger partial charge is 0.119 e. The summed E-state index contributed by atoms with van der Waals surface area (Å²) in [6, 6.07) is 18.7. The fourth-order valence-corrected chi connectivity index (χ4v) is 5.02. The van der Waals surface area contributed by atoms with E-state index in [4.69, 9.17) is 4.74 Å². The maximum Gasteiger partial charge on any atom is 0.119 e. The number of ether oxygens (including phenoxy) is 1. The molecule has 0 spiro atoms. The lowest BCUT2D eigenvalue weighted by molar-refractivity contribution is 0.0310. The normalized spacial score (nSPS) is 29.5. The Morgan fingerprint density at radius 2 is 1.77 bits per heavy atom. The highest BCUT2D eigenvalue weighted by Crippen LogP contribution is 2.49. The SMILES string of the molecule is COc1cccc(C2(O)C[C@H]3CN(CC(C)c4ccccc4)C[C@H]3C2)c1. The van der Waals surface area contributed by atoms with Crippen LogP contribution in [0.5, 0.6) is 5.75 Å². The van der Waals surface area contributed by atoms with Crippen LogP contribution in [0.2, 0.25) is 0 Å². The van der Waals surface area contributed by atoms with Crippen molar-refractivity contribution in [1.29, 1.82) is 0 Å². The van der Waals surface area contributed by atoms with Crippen molar-refractivity contribution in [3.8, 4) is 5.75 Å². The predicted molar refractivity (Wildman–Crippen MR) is 104 cm³/mol. The molecule has 138 valence electrons. The molecule has 0 bridgehead atoms. The second kappa shape index (κ2) is 7.05. The van der Waals surface area contributed by atoms with Gasteiger partial charge in [0.1, 0.15) is 5.75 Å². The molecular weight excluding hydrogens is 322 g/mol. The monoisotopic (exact) mass is 351 g/mol. The highest BCUT2D eigenvalue weighted by Gasteiger charge is 2.49.